The van der Waals surface area contributed by atoms with E-state index >= 15 is 0 Å². The molecule has 1 aliphatic rings. The number of hydrogen-bond acceptors (Lipinski definition) is 6. The smallest absolute Gasteiger partial charge is 0.303 e. The number of nitrogens with zero attached hydrogens (tertiary/aromatic N) is 4. The van der Waals surface area contributed by atoms with Crippen molar-refractivity contribution in [1.82, 2.24) is 29.4 Å². The van der Waals surface area contributed by atoms with E-state index in [1.165, 1.54) is 24.6 Å². The molecule has 1 saturated carbocycles. The maximum absolute atomic E-state index is 13.0. The molecule has 37 heavy (non-hydrogen) atoms. The van der Waals surface area contributed by atoms with Gasteiger partial charge in [-0.05, 0) is 42.5 Å². The van der Waals surface area contributed by atoms with Crippen LogP contribution in [0.1, 0.15) is 48.6 Å². The lowest BCUT2D eigenvalue weighted by molar-refractivity contribution is -0.136. The molecule has 0 aromatic carbocycles. The van der Waals surface area contributed by atoms with Crippen molar-refractivity contribution in [2.24, 2.45) is 0 Å². The van der Waals surface area contributed by atoms with Gasteiger partial charge in [-0.3, -0.25) is 9.59 Å². The van der Waals surface area contributed by atoms with Gasteiger partial charge in [-0.15, -0.1) is 0 Å². The molecule has 0 atom stereocenters. The predicted molar refractivity (Wildman–Crippen MR) is 139 cm³/mol. The Bertz CT molecular complexity index is 1530. The Kier molecular flexibility index (Phi) is 6.91. The van der Waals surface area contributed by atoms with Crippen LogP contribution in [0.5, 0.6) is 0 Å². The number of carboxylic acids is 1. The average Bonchev–Trinajstić information content (AvgIpc) is 3.53. The topological polar surface area (TPSA) is 137 Å². The van der Waals surface area contributed by atoms with E-state index in [2.05, 4.69) is 32.9 Å². The van der Waals surface area contributed by atoms with Crippen LogP contribution < -0.4 is 10.6 Å². The summed E-state index contributed by atoms with van der Waals surface area (Å²) in [6, 6.07) is 7.61. The van der Waals surface area contributed by atoms with Gasteiger partial charge in [0.05, 0.1) is 48.3 Å². The van der Waals surface area contributed by atoms with Crippen LogP contribution in [0.25, 0.3) is 11.2 Å². The van der Waals surface area contributed by atoms with E-state index in [1.54, 1.807) is 29.1 Å². The van der Waals surface area contributed by atoms with E-state index in [0.717, 1.165) is 16.9 Å². The molecule has 4 N–H and O–H groups in total. The number of pyridine rings is 2. The number of carbonyl (C=O) groups is 2. The second kappa shape index (κ2) is 10.4. The number of aromatic nitrogens is 4. The minimum absolute atomic E-state index is 0.0579. The lowest BCUT2D eigenvalue weighted by Crippen LogP contribution is -2.29. The summed E-state index contributed by atoms with van der Waals surface area (Å²) in [6.07, 6.45) is 11.0. The third-order valence-corrected chi connectivity index (χ3v) is 6.49. The first-order chi connectivity index (χ1) is 17.9. The number of carboxylic acid groups (broad SMARTS) is 1. The van der Waals surface area contributed by atoms with E-state index in [-0.39, 0.29) is 30.7 Å². The van der Waals surface area contributed by atoms with Crippen molar-refractivity contribution < 1.29 is 14.7 Å². The van der Waals surface area contributed by atoms with Crippen molar-refractivity contribution in [2.45, 2.75) is 44.7 Å². The minimum atomic E-state index is -1.03. The number of rotatable bonds is 11. The summed E-state index contributed by atoms with van der Waals surface area (Å²) in [6.45, 7) is 0.461. The molecule has 0 spiro atoms. The normalized spacial score (nSPS) is 13.7. The van der Waals surface area contributed by atoms with Crippen LogP contribution in [0.4, 0.5) is 0 Å². The van der Waals surface area contributed by atoms with Crippen molar-refractivity contribution >= 4 is 40.4 Å². The monoisotopic (exact) mass is 519 g/mol. The first-order valence-electron chi connectivity index (χ1n) is 12.0. The fourth-order valence-electron chi connectivity index (χ4n) is 4.13. The van der Waals surface area contributed by atoms with Gasteiger partial charge < -0.3 is 30.0 Å². The highest BCUT2D eigenvalue weighted by Gasteiger charge is 2.23. The summed E-state index contributed by atoms with van der Waals surface area (Å²) in [7, 11) is 0. The van der Waals surface area contributed by atoms with Crippen LogP contribution in [0.3, 0.4) is 0 Å². The maximum atomic E-state index is 13.0. The summed E-state index contributed by atoms with van der Waals surface area (Å²) in [4.78, 5) is 33.0. The van der Waals surface area contributed by atoms with E-state index in [1.807, 2.05) is 16.7 Å². The Hall–Kier alpha value is -4.18. The second-order valence-corrected chi connectivity index (χ2v) is 9.49. The first-order valence-corrected chi connectivity index (χ1v) is 12.3. The van der Waals surface area contributed by atoms with E-state index in [0.29, 0.717) is 23.2 Å². The zero-order valence-electron chi connectivity index (χ0n) is 19.9. The Morgan fingerprint density at radius 1 is 1.16 bits per heavy atom. The van der Waals surface area contributed by atoms with Crippen molar-refractivity contribution in [3.8, 4) is 0 Å². The zero-order valence-corrected chi connectivity index (χ0v) is 20.7. The molecule has 4 heterocycles. The largest absolute Gasteiger partial charge is 0.481 e. The number of hydrogen-bond donors (Lipinski definition) is 4. The van der Waals surface area contributed by atoms with Crippen LogP contribution in [0.2, 0.25) is 5.02 Å². The highest BCUT2D eigenvalue weighted by atomic mass is 35.5. The predicted octanol–water partition coefficient (Wildman–Crippen LogP) is 3.69. The average molecular weight is 520 g/mol. The molecule has 0 saturated heterocycles. The highest BCUT2D eigenvalue weighted by Crippen LogP contribution is 2.39. The SMILES string of the molecule is N=C(CCC(=O)O)/C(=C\NCc1cn2cc(C3CC3)ccc2n1)C(=O)NCc1ncn2ccc(Cl)cc12. The number of fused-ring (bicyclic) bond motifs is 2. The quantitative estimate of drug-likeness (QED) is 0.176. The van der Waals surface area contributed by atoms with Crippen molar-refractivity contribution in [3.63, 3.8) is 0 Å². The fraction of sp³-hybridized carbons (Fsp3) is 0.269. The summed E-state index contributed by atoms with van der Waals surface area (Å²) in [5.41, 5.74) is 4.29. The zero-order chi connectivity index (χ0) is 25.9. The third-order valence-electron chi connectivity index (χ3n) is 6.26. The number of halogens is 1. The van der Waals surface area contributed by atoms with Gasteiger partial charge in [0.15, 0.2) is 0 Å². The van der Waals surface area contributed by atoms with Crippen LogP contribution >= 0.6 is 11.6 Å². The molecule has 5 rings (SSSR count). The first kappa shape index (κ1) is 24.5. The second-order valence-electron chi connectivity index (χ2n) is 9.06. The molecule has 4 aromatic rings. The fourth-order valence-corrected chi connectivity index (χ4v) is 4.29. The van der Waals surface area contributed by atoms with E-state index in [4.69, 9.17) is 22.1 Å². The number of amides is 1. The summed E-state index contributed by atoms with van der Waals surface area (Å²) >= 11 is 6.09. The lowest BCUT2D eigenvalue weighted by atomic mass is 10.1. The summed E-state index contributed by atoms with van der Waals surface area (Å²) in [5.74, 6) is -0.893. The number of aliphatic carboxylic acids is 1. The maximum Gasteiger partial charge on any atom is 0.303 e. The molecule has 4 aromatic heterocycles. The number of imidazole rings is 2. The Morgan fingerprint density at radius 3 is 2.78 bits per heavy atom. The van der Waals surface area contributed by atoms with Gasteiger partial charge in [0.2, 0.25) is 0 Å². The van der Waals surface area contributed by atoms with Gasteiger partial charge in [-0.1, -0.05) is 17.7 Å². The van der Waals surface area contributed by atoms with Crippen molar-refractivity contribution in [1.29, 1.82) is 5.41 Å². The van der Waals surface area contributed by atoms with Crippen LogP contribution in [0, 0.1) is 5.41 Å². The summed E-state index contributed by atoms with van der Waals surface area (Å²) < 4.78 is 3.79. The molecule has 1 fully saturated rings. The molecule has 0 radical (unpaired) electrons. The molecule has 0 aliphatic heterocycles. The van der Waals surface area contributed by atoms with Crippen LogP contribution in [-0.2, 0) is 22.7 Å². The van der Waals surface area contributed by atoms with Gasteiger partial charge in [0, 0.05) is 41.9 Å². The lowest BCUT2D eigenvalue weighted by Gasteiger charge is -2.10. The van der Waals surface area contributed by atoms with Crippen molar-refractivity contribution in [2.75, 3.05) is 0 Å². The van der Waals surface area contributed by atoms with Gasteiger partial charge >= 0.3 is 5.97 Å². The molecule has 190 valence electrons. The molecule has 10 nitrogen and oxygen atoms in total. The van der Waals surface area contributed by atoms with Gasteiger partial charge in [-0.25, -0.2) is 9.97 Å². The molecule has 1 aliphatic carbocycles. The number of nitrogens with one attached hydrogen (secondary N) is 3. The third kappa shape index (κ3) is 5.80. The molecule has 11 heteroatoms. The number of carbonyl (C=O) groups excluding carboxylic acids is 1. The molecule has 1 amide bonds. The van der Waals surface area contributed by atoms with Crippen LogP contribution in [-0.4, -0.2) is 41.5 Å². The van der Waals surface area contributed by atoms with E-state index < -0.39 is 11.9 Å². The molecular formula is C26H26ClN7O3. The van der Waals surface area contributed by atoms with Crippen molar-refractivity contribution in [3.05, 3.63) is 82.9 Å². The standard InChI is InChI=1S/C26H26ClN7O3/c27-18-7-8-33-15-31-22(23(33)9-18)12-30-26(37)20(21(28)4-6-25(35)36)11-29-10-19-14-34-13-17(16-1-2-16)3-5-24(34)32-19/h3,5,7-9,11,13-16,28-29H,1-2,4,6,10,12H2,(H,30,37)(H,35,36)/b20-11+,28-21?. The van der Waals surface area contributed by atoms with Gasteiger partial charge in [0.25, 0.3) is 5.91 Å². The van der Waals surface area contributed by atoms with Crippen LogP contribution in [0.15, 0.2) is 61.0 Å². The van der Waals surface area contributed by atoms with E-state index in [9.17, 15) is 9.59 Å². The van der Waals surface area contributed by atoms with Gasteiger partial charge in [-0.2, -0.15) is 0 Å². The summed E-state index contributed by atoms with van der Waals surface area (Å²) in [5, 5.41) is 23.8. The molecule has 0 unspecified atom stereocenters. The Labute approximate surface area is 217 Å². The highest BCUT2D eigenvalue weighted by molar-refractivity contribution is 6.30. The minimum Gasteiger partial charge on any atom is -0.481 e. The van der Waals surface area contributed by atoms with Gasteiger partial charge in [0.1, 0.15) is 5.65 Å². The Balaban J connectivity index is 1.28. The molecular weight excluding hydrogens is 494 g/mol. The Morgan fingerprint density at radius 2 is 2.00 bits per heavy atom. The molecule has 0 bridgehead atoms.